The summed E-state index contributed by atoms with van der Waals surface area (Å²) in [6, 6.07) is 7.59. The zero-order chi connectivity index (χ0) is 17.1. The number of hydrogen-bond acceptors (Lipinski definition) is 6. The Bertz CT molecular complexity index is 831. The van der Waals surface area contributed by atoms with Gasteiger partial charge >= 0.3 is 0 Å². The van der Waals surface area contributed by atoms with Gasteiger partial charge < -0.3 is 9.09 Å². The summed E-state index contributed by atoms with van der Waals surface area (Å²) in [5.74, 6) is 2.08. The molecular formula is C16H18ClN5OS. The zero-order valence-electron chi connectivity index (χ0n) is 13.7. The van der Waals surface area contributed by atoms with Crippen LogP contribution in [-0.2, 0) is 13.5 Å². The highest BCUT2D eigenvalue weighted by molar-refractivity contribution is 7.99. The predicted octanol–water partition coefficient (Wildman–Crippen LogP) is 4.32. The Hall–Kier alpha value is -1.86. The van der Waals surface area contributed by atoms with Crippen LogP contribution in [0.2, 0.25) is 5.02 Å². The minimum absolute atomic E-state index is 0.00917. The van der Waals surface area contributed by atoms with E-state index >= 15 is 0 Å². The van der Waals surface area contributed by atoms with Crippen molar-refractivity contribution in [3.8, 4) is 11.4 Å². The van der Waals surface area contributed by atoms with Gasteiger partial charge in [-0.2, -0.15) is 4.98 Å². The van der Waals surface area contributed by atoms with Crippen molar-refractivity contribution in [1.82, 2.24) is 24.9 Å². The number of halogens is 1. The van der Waals surface area contributed by atoms with Gasteiger partial charge in [-0.05, 0) is 25.5 Å². The minimum atomic E-state index is -0.00917. The summed E-state index contributed by atoms with van der Waals surface area (Å²) in [5.41, 5.74) is 0.858. The first kappa shape index (κ1) is 17.0. The van der Waals surface area contributed by atoms with Crippen LogP contribution in [0.5, 0.6) is 0 Å². The second-order valence-electron chi connectivity index (χ2n) is 5.40. The lowest BCUT2D eigenvalue weighted by Crippen LogP contribution is -1.97. The monoisotopic (exact) mass is 363 g/mol. The number of hydrogen-bond donors (Lipinski definition) is 0. The first-order valence-corrected chi connectivity index (χ1v) is 8.99. The van der Waals surface area contributed by atoms with Gasteiger partial charge in [0, 0.05) is 19.0 Å². The molecule has 0 saturated heterocycles. The second-order valence-corrected chi connectivity index (χ2v) is 7.12. The maximum Gasteiger partial charge on any atom is 0.239 e. The lowest BCUT2D eigenvalue weighted by atomic mass is 10.2. The van der Waals surface area contributed by atoms with Crippen molar-refractivity contribution in [3.05, 3.63) is 41.0 Å². The van der Waals surface area contributed by atoms with Crippen LogP contribution in [-0.4, -0.2) is 24.9 Å². The molecule has 2 heterocycles. The summed E-state index contributed by atoms with van der Waals surface area (Å²) in [6.07, 6.45) is 1.81. The van der Waals surface area contributed by atoms with E-state index in [1.165, 1.54) is 11.8 Å². The maximum atomic E-state index is 6.25. The summed E-state index contributed by atoms with van der Waals surface area (Å²) in [7, 11) is 1.92. The molecule has 3 aromatic rings. The summed E-state index contributed by atoms with van der Waals surface area (Å²) in [5, 5.41) is 13.9. The van der Waals surface area contributed by atoms with Gasteiger partial charge in [0.15, 0.2) is 16.8 Å². The van der Waals surface area contributed by atoms with Crippen molar-refractivity contribution >= 4 is 23.4 Å². The second kappa shape index (κ2) is 7.36. The minimum Gasteiger partial charge on any atom is -0.338 e. The highest BCUT2D eigenvalue weighted by Crippen LogP contribution is 2.35. The van der Waals surface area contributed by atoms with Gasteiger partial charge in [0.1, 0.15) is 0 Å². The van der Waals surface area contributed by atoms with Crippen molar-refractivity contribution < 1.29 is 4.52 Å². The molecule has 3 rings (SSSR count). The fourth-order valence-electron chi connectivity index (χ4n) is 2.26. The standard InChI is InChI=1S/C16H18ClN5OS/c1-4-7-13-18-15(23-21-13)10(2)24-16-20-19-14(22(16)3)11-8-5-6-9-12(11)17/h5-6,8-10H,4,7H2,1-3H3. The summed E-state index contributed by atoms with van der Waals surface area (Å²) >= 11 is 7.78. The van der Waals surface area contributed by atoms with E-state index < -0.39 is 0 Å². The van der Waals surface area contributed by atoms with E-state index in [9.17, 15) is 0 Å². The normalized spacial score (nSPS) is 12.5. The summed E-state index contributed by atoms with van der Waals surface area (Å²) in [4.78, 5) is 4.43. The lowest BCUT2D eigenvalue weighted by Gasteiger charge is -2.07. The lowest BCUT2D eigenvalue weighted by molar-refractivity contribution is 0.374. The molecule has 0 radical (unpaired) electrons. The molecule has 0 aliphatic rings. The van der Waals surface area contributed by atoms with Gasteiger partial charge in [0.05, 0.1) is 10.3 Å². The third-order valence-corrected chi connectivity index (χ3v) is 4.99. The van der Waals surface area contributed by atoms with Gasteiger partial charge in [-0.3, -0.25) is 0 Å². The van der Waals surface area contributed by atoms with Crippen LogP contribution in [0.1, 0.15) is 37.2 Å². The third-order valence-electron chi connectivity index (χ3n) is 3.54. The molecule has 126 valence electrons. The Morgan fingerprint density at radius 2 is 2.08 bits per heavy atom. The largest absolute Gasteiger partial charge is 0.338 e. The Morgan fingerprint density at radius 1 is 1.29 bits per heavy atom. The SMILES string of the molecule is CCCc1noc(C(C)Sc2nnc(-c3ccccc3Cl)n2C)n1. The molecule has 1 aromatic carbocycles. The molecule has 8 heteroatoms. The Kier molecular flexibility index (Phi) is 5.20. The van der Waals surface area contributed by atoms with Gasteiger partial charge in [0.2, 0.25) is 5.89 Å². The molecule has 24 heavy (non-hydrogen) atoms. The maximum absolute atomic E-state index is 6.25. The van der Waals surface area contributed by atoms with Crippen LogP contribution in [0, 0.1) is 0 Å². The van der Waals surface area contributed by atoms with E-state index in [1.54, 1.807) is 0 Å². The summed E-state index contributed by atoms with van der Waals surface area (Å²) < 4.78 is 7.26. The van der Waals surface area contributed by atoms with Gasteiger partial charge in [-0.1, -0.05) is 47.6 Å². The number of thioether (sulfide) groups is 1. The average Bonchev–Trinajstić information content (AvgIpc) is 3.17. The van der Waals surface area contributed by atoms with Crippen LogP contribution in [0.15, 0.2) is 33.9 Å². The molecule has 2 aromatic heterocycles. The van der Waals surface area contributed by atoms with Gasteiger partial charge in [0.25, 0.3) is 0 Å². The van der Waals surface area contributed by atoms with E-state index in [1.807, 2.05) is 42.8 Å². The highest BCUT2D eigenvalue weighted by Gasteiger charge is 2.20. The van der Waals surface area contributed by atoms with Crippen LogP contribution >= 0.6 is 23.4 Å². The van der Waals surface area contributed by atoms with Crippen molar-refractivity contribution in [1.29, 1.82) is 0 Å². The summed E-state index contributed by atoms with van der Waals surface area (Å²) in [6.45, 7) is 4.10. The zero-order valence-corrected chi connectivity index (χ0v) is 15.3. The average molecular weight is 364 g/mol. The van der Waals surface area contributed by atoms with E-state index in [0.29, 0.717) is 10.9 Å². The van der Waals surface area contributed by atoms with E-state index in [0.717, 1.165) is 35.2 Å². The predicted molar refractivity (Wildman–Crippen MR) is 94.0 cm³/mol. The number of benzene rings is 1. The first-order chi connectivity index (χ1) is 11.6. The molecule has 0 spiro atoms. The van der Waals surface area contributed by atoms with Crippen molar-refractivity contribution in [2.24, 2.45) is 7.05 Å². The van der Waals surface area contributed by atoms with E-state index in [2.05, 4.69) is 27.3 Å². The highest BCUT2D eigenvalue weighted by atomic mass is 35.5. The Morgan fingerprint density at radius 3 is 2.83 bits per heavy atom. The molecule has 0 amide bonds. The number of aryl methyl sites for hydroxylation is 1. The molecule has 0 N–H and O–H groups in total. The van der Waals surface area contributed by atoms with Crippen molar-refractivity contribution in [2.75, 3.05) is 0 Å². The molecule has 0 aliphatic heterocycles. The van der Waals surface area contributed by atoms with Crippen LogP contribution in [0.3, 0.4) is 0 Å². The fraction of sp³-hybridized carbons (Fsp3) is 0.375. The Balaban J connectivity index is 1.79. The molecule has 1 atom stereocenters. The van der Waals surface area contributed by atoms with Crippen molar-refractivity contribution in [2.45, 2.75) is 37.1 Å². The molecule has 0 saturated carbocycles. The van der Waals surface area contributed by atoms with E-state index in [-0.39, 0.29) is 5.25 Å². The molecule has 6 nitrogen and oxygen atoms in total. The molecule has 0 aliphatic carbocycles. The smallest absolute Gasteiger partial charge is 0.239 e. The topological polar surface area (TPSA) is 69.6 Å². The van der Waals surface area contributed by atoms with Crippen LogP contribution < -0.4 is 0 Å². The molecule has 0 bridgehead atoms. The first-order valence-electron chi connectivity index (χ1n) is 7.73. The third kappa shape index (κ3) is 3.47. The van der Waals surface area contributed by atoms with E-state index in [4.69, 9.17) is 16.1 Å². The number of aromatic nitrogens is 5. The van der Waals surface area contributed by atoms with Gasteiger partial charge in [-0.15, -0.1) is 10.2 Å². The quantitative estimate of drug-likeness (QED) is 0.607. The number of rotatable bonds is 6. The molecular weight excluding hydrogens is 346 g/mol. The molecule has 0 fully saturated rings. The van der Waals surface area contributed by atoms with Crippen LogP contribution in [0.4, 0.5) is 0 Å². The Labute approximate surface area is 149 Å². The van der Waals surface area contributed by atoms with Gasteiger partial charge in [-0.25, -0.2) is 0 Å². The van der Waals surface area contributed by atoms with Crippen molar-refractivity contribution in [3.63, 3.8) is 0 Å². The molecule has 1 unspecified atom stereocenters. The number of nitrogens with zero attached hydrogens (tertiary/aromatic N) is 5. The fourth-order valence-corrected chi connectivity index (χ4v) is 3.33. The van der Waals surface area contributed by atoms with Crippen LogP contribution in [0.25, 0.3) is 11.4 Å².